The fraction of sp³-hybridized carbons (Fsp3) is 0.273. The monoisotopic (exact) mass is 365 g/mol. The van der Waals surface area contributed by atoms with Gasteiger partial charge < -0.3 is 14.4 Å². The minimum absolute atomic E-state index is 0.0630. The van der Waals surface area contributed by atoms with Crippen LogP contribution >= 0.6 is 0 Å². The van der Waals surface area contributed by atoms with Gasteiger partial charge in [0.1, 0.15) is 5.75 Å². The highest BCUT2D eigenvalue weighted by Crippen LogP contribution is 2.31. The van der Waals surface area contributed by atoms with Crippen LogP contribution in [-0.4, -0.2) is 31.1 Å². The Bertz CT molecular complexity index is 842. The minimum atomic E-state index is -0.544. The van der Waals surface area contributed by atoms with Crippen molar-refractivity contribution in [1.82, 2.24) is 0 Å². The van der Waals surface area contributed by atoms with Crippen LogP contribution in [0.5, 0.6) is 5.75 Å². The van der Waals surface area contributed by atoms with E-state index in [4.69, 9.17) is 9.47 Å². The number of benzene rings is 2. The van der Waals surface area contributed by atoms with Gasteiger partial charge in [-0.2, -0.15) is 0 Å². The normalized spacial score (nSPS) is 15.6. The van der Waals surface area contributed by atoms with Crippen molar-refractivity contribution in [3.8, 4) is 5.75 Å². The van der Waals surface area contributed by atoms with E-state index >= 15 is 0 Å². The maximum atomic E-state index is 12.5. The predicted molar refractivity (Wildman–Crippen MR) is 105 cm³/mol. The molecule has 3 rings (SSSR count). The van der Waals surface area contributed by atoms with Gasteiger partial charge in [-0.1, -0.05) is 30.3 Å². The smallest absolute Gasteiger partial charge is 0.331 e. The molecule has 140 valence electrons. The molecule has 1 aliphatic rings. The van der Waals surface area contributed by atoms with Crippen LogP contribution in [0.4, 0.5) is 5.69 Å². The van der Waals surface area contributed by atoms with Crippen molar-refractivity contribution in [2.75, 3.05) is 18.1 Å². The molecule has 0 fully saturated rings. The lowest BCUT2D eigenvalue weighted by Crippen LogP contribution is -2.38. The van der Waals surface area contributed by atoms with Crippen molar-refractivity contribution in [3.05, 3.63) is 65.7 Å². The molecule has 1 atom stereocenters. The zero-order chi connectivity index (χ0) is 19.2. The Kier molecular flexibility index (Phi) is 5.91. The van der Waals surface area contributed by atoms with Gasteiger partial charge in [-0.15, -0.1) is 0 Å². The molecular weight excluding hydrogens is 342 g/mol. The SMILES string of the molecule is CCOc1ccc(/C=C/C(=O)OCC(=O)N2c3ccccc3C[C@H]2C)cc1. The second-order valence-corrected chi connectivity index (χ2v) is 6.39. The van der Waals surface area contributed by atoms with E-state index in [2.05, 4.69) is 0 Å². The molecule has 1 amide bonds. The van der Waals surface area contributed by atoms with Crippen molar-refractivity contribution in [1.29, 1.82) is 0 Å². The maximum Gasteiger partial charge on any atom is 0.331 e. The Labute approximate surface area is 159 Å². The number of para-hydroxylation sites is 1. The third kappa shape index (κ3) is 4.56. The molecule has 0 bridgehead atoms. The quantitative estimate of drug-likeness (QED) is 0.580. The summed E-state index contributed by atoms with van der Waals surface area (Å²) in [5.41, 5.74) is 2.89. The molecule has 0 unspecified atom stereocenters. The highest BCUT2D eigenvalue weighted by molar-refractivity contribution is 5.98. The summed E-state index contributed by atoms with van der Waals surface area (Å²) in [6.45, 7) is 4.25. The largest absolute Gasteiger partial charge is 0.494 e. The third-order valence-electron chi connectivity index (χ3n) is 4.42. The maximum absolute atomic E-state index is 12.5. The summed E-state index contributed by atoms with van der Waals surface area (Å²) >= 11 is 0. The van der Waals surface area contributed by atoms with Crippen LogP contribution in [0, 0.1) is 0 Å². The summed E-state index contributed by atoms with van der Waals surface area (Å²) in [4.78, 5) is 26.1. The Morgan fingerprint density at radius 3 is 2.63 bits per heavy atom. The Morgan fingerprint density at radius 2 is 1.89 bits per heavy atom. The van der Waals surface area contributed by atoms with Crippen LogP contribution in [0.1, 0.15) is 25.0 Å². The van der Waals surface area contributed by atoms with Gasteiger partial charge in [0.15, 0.2) is 6.61 Å². The number of rotatable bonds is 6. The first-order valence-electron chi connectivity index (χ1n) is 9.06. The summed E-state index contributed by atoms with van der Waals surface area (Å²) in [5, 5.41) is 0. The van der Waals surface area contributed by atoms with Crippen molar-refractivity contribution >= 4 is 23.6 Å². The lowest BCUT2D eigenvalue weighted by atomic mass is 10.1. The third-order valence-corrected chi connectivity index (χ3v) is 4.42. The van der Waals surface area contributed by atoms with E-state index in [1.807, 2.05) is 62.4 Å². The van der Waals surface area contributed by atoms with E-state index in [9.17, 15) is 9.59 Å². The number of anilines is 1. The van der Waals surface area contributed by atoms with Gasteiger partial charge in [0.2, 0.25) is 0 Å². The second-order valence-electron chi connectivity index (χ2n) is 6.39. The number of carbonyl (C=O) groups excluding carboxylic acids is 2. The van der Waals surface area contributed by atoms with Crippen molar-refractivity contribution in [2.45, 2.75) is 26.3 Å². The molecule has 27 heavy (non-hydrogen) atoms. The Hall–Kier alpha value is -3.08. The molecule has 0 saturated carbocycles. The van der Waals surface area contributed by atoms with Gasteiger partial charge in [-0.25, -0.2) is 4.79 Å². The van der Waals surface area contributed by atoms with E-state index in [0.29, 0.717) is 6.61 Å². The fourth-order valence-corrected chi connectivity index (χ4v) is 3.20. The molecule has 0 aliphatic carbocycles. The standard InChI is InChI=1S/C22H23NO4/c1-3-26-19-11-8-17(9-12-19)10-13-22(25)27-15-21(24)23-16(2)14-18-6-4-5-7-20(18)23/h4-13,16H,3,14-15H2,1-2H3/b13-10+/t16-/m1/s1. The Balaban J connectivity index is 1.54. The van der Waals surface area contributed by atoms with Gasteiger partial charge in [0.25, 0.3) is 5.91 Å². The second kappa shape index (κ2) is 8.54. The van der Waals surface area contributed by atoms with E-state index in [0.717, 1.165) is 29.0 Å². The summed E-state index contributed by atoms with van der Waals surface area (Å²) in [5.74, 6) is 0.0236. The van der Waals surface area contributed by atoms with Gasteiger partial charge in [0.05, 0.1) is 6.61 Å². The number of nitrogens with zero attached hydrogens (tertiary/aromatic N) is 1. The summed E-state index contributed by atoms with van der Waals surface area (Å²) in [7, 11) is 0. The molecule has 5 nitrogen and oxygen atoms in total. The average molecular weight is 365 g/mol. The molecule has 2 aromatic carbocycles. The first-order valence-corrected chi connectivity index (χ1v) is 9.06. The lowest BCUT2D eigenvalue weighted by molar-refractivity contribution is -0.143. The number of fused-ring (bicyclic) bond motifs is 1. The van der Waals surface area contributed by atoms with E-state index < -0.39 is 5.97 Å². The molecular formula is C22H23NO4. The zero-order valence-corrected chi connectivity index (χ0v) is 15.6. The topological polar surface area (TPSA) is 55.8 Å². The Morgan fingerprint density at radius 1 is 1.15 bits per heavy atom. The van der Waals surface area contributed by atoms with Crippen LogP contribution in [0.25, 0.3) is 6.08 Å². The first kappa shape index (κ1) is 18.7. The molecule has 0 spiro atoms. The van der Waals surface area contributed by atoms with E-state index in [1.54, 1.807) is 11.0 Å². The molecule has 1 heterocycles. The van der Waals surface area contributed by atoms with Gasteiger partial charge in [-0.05, 0) is 55.7 Å². The van der Waals surface area contributed by atoms with Crippen molar-refractivity contribution < 1.29 is 19.1 Å². The highest BCUT2D eigenvalue weighted by atomic mass is 16.5. The van der Waals surface area contributed by atoms with Crippen LogP contribution < -0.4 is 9.64 Å². The molecule has 1 aliphatic heterocycles. The predicted octanol–water partition coefficient (Wildman–Crippen LogP) is 3.62. The number of hydrogen-bond acceptors (Lipinski definition) is 4. The summed E-state index contributed by atoms with van der Waals surface area (Å²) < 4.78 is 10.5. The van der Waals surface area contributed by atoms with Gasteiger partial charge in [-0.3, -0.25) is 4.79 Å². The zero-order valence-electron chi connectivity index (χ0n) is 15.6. The number of carbonyl (C=O) groups is 2. The highest BCUT2D eigenvalue weighted by Gasteiger charge is 2.30. The lowest BCUT2D eigenvalue weighted by Gasteiger charge is -2.22. The molecule has 0 N–H and O–H groups in total. The molecule has 0 radical (unpaired) electrons. The molecule has 2 aromatic rings. The van der Waals surface area contributed by atoms with E-state index in [-0.39, 0.29) is 18.6 Å². The van der Waals surface area contributed by atoms with Crippen LogP contribution in [0.3, 0.4) is 0 Å². The number of amides is 1. The van der Waals surface area contributed by atoms with Crippen molar-refractivity contribution in [3.63, 3.8) is 0 Å². The van der Waals surface area contributed by atoms with Gasteiger partial charge in [0, 0.05) is 17.8 Å². The first-order chi connectivity index (χ1) is 13.1. The number of hydrogen-bond donors (Lipinski definition) is 0. The summed E-state index contributed by atoms with van der Waals surface area (Å²) in [6, 6.07) is 15.2. The van der Waals surface area contributed by atoms with Gasteiger partial charge >= 0.3 is 5.97 Å². The van der Waals surface area contributed by atoms with Crippen LogP contribution in [0.15, 0.2) is 54.6 Å². The fourth-order valence-electron chi connectivity index (χ4n) is 3.20. The summed E-state index contributed by atoms with van der Waals surface area (Å²) in [6.07, 6.45) is 3.79. The van der Waals surface area contributed by atoms with E-state index in [1.165, 1.54) is 6.08 Å². The number of esters is 1. The van der Waals surface area contributed by atoms with Crippen molar-refractivity contribution in [2.24, 2.45) is 0 Å². The van der Waals surface area contributed by atoms with Crippen LogP contribution in [0.2, 0.25) is 0 Å². The molecule has 0 aromatic heterocycles. The van der Waals surface area contributed by atoms with Crippen LogP contribution in [-0.2, 0) is 20.7 Å². The molecule has 0 saturated heterocycles. The molecule has 5 heteroatoms. The average Bonchev–Trinajstić information content (AvgIpc) is 3.01. The minimum Gasteiger partial charge on any atom is -0.494 e. The number of ether oxygens (including phenoxy) is 2.